The Kier molecular flexibility index (Phi) is 5.61. The molecule has 0 aromatic heterocycles. The monoisotopic (exact) mass is 255 g/mol. The van der Waals surface area contributed by atoms with Crippen molar-refractivity contribution >= 4 is 17.7 Å². The topological polar surface area (TPSA) is 101 Å². The fourth-order valence-electron chi connectivity index (χ4n) is 1.98. The van der Waals surface area contributed by atoms with Crippen LogP contribution in [0.2, 0.25) is 0 Å². The van der Waals surface area contributed by atoms with Crippen molar-refractivity contribution in [1.82, 2.24) is 10.6 Å². The second-order valence-electron chi connectivity index (χ2n) is 4.74. The van der Waals surface area contributed by atoms with Crippen LogP contribution in [0, 0.1) is 0 Å². The van der Waals surface area contributed by atoms with Crippen molar-refractivity contribution in [2.75, 3.05) is 0 Å². The second kappa shape index (κ2) is 6.98. The molecule has 1 saturated carbocycles. The highest BCUT2D eigenvalue weighted by Crippen LogP contribution is 2.17. The Hall–Kier alpha value is -1.59. The number of nitrogens with two attached hydrogens (primary N) is 1. The van der Waals surface area contributed by atoms with E-state index in [1.54, 1.807) is 0 Å². The summed E-state index contributed by atoms with van der Waals surface area (Å²) in [6.07, 6.45) is 4.58. The van der Waals surface area contributed by atoms with E-state index in [2.05, 4.69) is 10.6 Å². The van der Waals surface area contributed by atoms with Gasteiger partial charge in [-0.05, 0) is 19.8 Å². The smallest absolute Gasteiger partial charge is 0.239 e. The van der Waals surface area contributed by atoms with Crippen molar-refractivity contribution in [3.8, 4) is 0 Å². The SMILES string of the molecule is C[C@H](NC(=O)CCC(=O)NC1CCCC1)C(N)=O. The first-order chi connectivity index (χ1) is 8.49. The lowest BCUT2D eigenvalue weighted by Gasteiger charge is -2.12. The molecular weight excluding hydrogens is 234 g/mol. The van der Waals surface area contributed by atoms with Crippen LogP contribution in [-0.2, 0) is 14.4 Å². The lowest BCUT2D eigenvalue weighted by atomic mass is 10.2. The summed E-state index contributed by atoms with van der Waals surface area (Å²) in [5, 5.41) is 5.33. The van der Waals surface area contributed by atoms with E-state index >= 15 is 0 Å². The van der Waals surface area contributed by atoms with E-state index < -0.39 is 11.9 Å². The van der Waals surface area contributed by atoms with Crippen molar-refractivity contribution in [2.45, 2.75) is 57.5 Å². The van der Waals surface area contributed by atoms with Gasteiger partial charge in [-0.1, -0.05) is 12.8 Å². The maximum atomic E-state index is 11.5. The van der Waals surface area contributed by atoms with E-state index in [-0.39, 0.29) is 30.7 Å². The zero-order valence-electron chi connectivity index (χ0n) is 10.7. The summed E-state index contributed by atoms with van der Waals surface area (Å²) in [7, 11) is 0. The molecule has 6 heteroatoms. The largest absolute Gasteiger partial charge is 0.368 e. The van der Waals surface area contributed by atoms with Crippen molar-refractivity contribution in [3.05, 3.63) is 0 Å². The molecule has 0 spiro atoms. The highest BCUT2D eigenvalue weighted by molar-refractivity contribution is 5.88. The lowest BCUT2D eigenvalue weighted by Crippen LogP contribution is -2.42. The molecule has 0 aromatic rings. The predicted octanol–water partition coefficient (Wildman–Crippen LogP) is -0.185. The first-order valence-electron chi connectivity index (χ1n) is 6.37. The summed E-state index contributed by atoms with van der Waals surface area (Å²) in [5.74, 6) is -1.02. The number of hydrogen-bond acceptors (Lipinski definition) is 3. The van der Waals surface area contributed by atoms with Crippen LogP contribution in [0.4, 0.5) is 0 Å². The molecule has 0 heterocycles. The lowest BCUT2D eigenvalue weighted by molar-refractivity contribution is -0.129. The highest BCUT2D eigenvalue weighted by Gasteiger charge is 2.18. The molecule has 4 N–H and O–H groups in total. The van der Waals surface area contributed by atoms with Crippen LogP contribution in [0.3, 0.4) is 0 Å². The normalized spacial score (nSPS) is 17.2. The number of amides is 3. The number of carbonyl (C=O) groups excluding carboxylic acids is 3. The summed E-state index contributed by atoms with van der Waals surface area (Å²) >= 11 is 0. The first-order valence-corrected chi connectivity index (χ1v) is 6.37. The van der Waals surface area contributed by atoms with Gasteiger partial charge in [0, 0.05) is 18.9 Å². The molecule has 0 bridgehead atoms. The minimum Gasteiger partial charge on any atom is -0.368 e. The van der Waals surface area contributed by atoms with Gasteiger partial charge in [0.05, 0.1) is 0 Å². The molecular formula is C12H21N3O3. The van der Waals surface area contributed by atoms with Crippen molar-refractivity contribution in [1.29, 1.82) is 0 Å². The van der Waals surface area contributed by atoms with Gasteiger partial charge in [0.2, 0.25) is 17.7 Å². The molecule has 0 aliphatic heterocycles. The van der Waals surface area contributed by atoms with Crippen LogP contribution >= 0.6 is 0 Å². The van der Waals surface area contributed by atoms with Gasteiger partial charge in [-0.25, -0.2) is 0 Å². The van der Waals surface area contributed by atoms with E-state index in [1.807, 2.05) is 0 Å². The zero-order chi connectivity index (χ0) is 13.5. The summed E-state index contributed by atoms with van der Waals surface area (Å²) in [5.41, 5.74) is 5.02. The Morgan fingerprint density at radius 3 is 2.28 bits per heavy atom. The maximum absolute atomic E-state index is 11.5. The molecule has 0 radical (unpaired) electrons. The molecule has 1 atom stereocenters. The molecule has 6 nitrogen and oxygen atoms in total. The van der Waals surface area contributed by atoms with Gasteiger partial charge in [0.15, 0.2) is 0 Å². The summed E-state index contributed by atoms with van der Waals surface area (Å²) in [6.45, 7) is 1.51. The summed E-state index contributed by atoms with van der Waals surface area (Å²) in [4.78, 5) is 33.7. The fourth-order valence-corrected chi connectivity index (χ4v) is 1.98. The van der Waals surface area contributed by atoms with E-state index in [1.165, 1.54) is 6.92 Å². The van der Waals surface area contributed by atoms with Crippen LogP contribution in [0.15, 0.2) is 0 Å². The predicted molar refractivity (Wildman–Crippen MR) is 66.4 cm³/mol. The Morgan fingerprint density at radius 1 is 1.17 bits per heavy atom. The Labute approximate surface area is 107 Å². The van der Waals surface area contributed by atoms with E-state index in [0.29, 0.717) is 0 Å². The molecule has 1 rings (SSSR count). The molecule has 0 saturated heterocycles. The van der Waals surface area contributed by atoms with Crippen LogP contribution in [0.1, 0.15) is 45.4 Å². The summed E-state index contributed by atoms with van der Waals surface area (Å²) < 4.78 is 0. The van der Waals surface area contributed by atoms with Gasteiger partial charge >= 0.3 is 0 Å². The molecule has 0 aromatic carbocycles. The van der Waals surface area contributed by atoms with Crippen molar-refractivity contribution < 1.29 is 14.4 Å². The molecule has 1 aliphatic rings. The number of nitrogens with one attached hydrogen (secondary N) is 2. The average Bonchev–Trinajstić information content (AvgIpc) is 2.79. The highest BCUT2D eigenvalue weighted by atomic mass is 16.2. The molecule has 18 heavy (non-hydrogen) atoms. The molecule has 102 valence electrons. The Morgan fingerprint density at radius 2 is 1.72 bits per heavy atom. The minimum atomic E-state index is -0.699. The van der Waals surface area contributed by atoms with Gasteiger partial charge in [-0.15, -0.1) is 0 Å². The average molecular weight is 255 g/mol. The van der Waals surface area contributed by atoms with Crippen molar-refractivity contribution in [2.24, 2.45) is 5.73 Å². The fraction of sp³-hybridized carbons (Fsp3) is 0.750. The number of rotatable bonds is 6. The Balaban J connectivity index is 2.17. The Bertz CT molecular complexity index is 325. The van der Waals surface area contributed by atoms with E-state index in [0.717, 1.165) is 25.7 Å². The summed E-state index contributed by atoms with van der Waals surface area (Å²) in [6, 6.07) is -0.430. The second-order valence-corrected chi connectivity index (χ2v) is 4.74. The van der Waals surface area contributed by atoms with Crippen LogP contribution in [0.25, 0.3) is 0 Å². The van der Waals surface area contributed by atoms with Gasteiger partial charge in [0.25, 0.3) is 0 Å². The van der Waals surface area contributed by atoms with Gasteiger partial charge in [-0.2, -0.15) is 0 Å². The van der Waals surface area contributed by atoms with Crippen molar-refractivity contribution in [3.63, 3.8) is 0 Å². The van der Waals surface area contributed by atoms with Crippen LogP contribution in [-0.4, -0.2) is 29.8 Å². The molecule has 0 unspecified atom stereocenters. The van der Waals surface area contributed by atoms with E-state index in [9.17, 15) is 14.4 Å². The van der Waals surface area contributed by atoms with Crippen LogP contribution < -0.4 is 16.4 Å². The third-order valence-electron chi connectivity index (χ3n) is 3.10. The van der Waals surface area contributed by atoms with Gasteiger partial charge in [-0.3, -0.25) is 14.4 Å². The standard InChI is InChI=1S/C12H21N3O3/c1-8(12(13)18)14-10(16)6-7-11(17)15-9-4-2-3-5-9/h8-9H,2-7H2,1H3,(H2,13,18)(H,14,16)(H,15,17)/t8-/m0/s1. The minimum absolute atomic E-state index is 0.0795. The quantitative estimate of drug-likeness (QED) is 0.613. The van der Waals surface area contributed by atoms with E-state index in [4.69, 9.17) is 5.73 Å². The maximum Gasteiger partial charge on any atom is 0.239 e. The number of carbonyl (C=O) groups is 3. The number of hydrogen-bond donors (Lipinski definition) is 3. The van der Waals surface area contributed by atoms with Gasteiger partial charge in [0.1, 0.15) is 6.04 Å². The van der Waals surface area contributed by atoms with Crippen LogP contribution in [0.5, 0.6) is 0 Å². The zero-order valence-corrected chi connectivity index (χ0v) is 10.7. The van der Waals surface area contributed by atoms with Gasteiger partial charge < -0.3 is 16.4 Å². The third-order valence-corrected chi connectivity index (χ3v) is 3.10. The molecule has 3 amide bonds. The first kappa shape index (κ1) is 14.5. The molecule has 1 fully saturated rings. The molecule has 1 aliphatic carbocycles. The third kappa shape index (κ3) is 5.16. The number of primary amides is 1.